The van der Waals surface area contributed by atoms with E-state index in [0.717, 1.165) is 16.6 Å². The molecule has 0 heterocycles. The summed E-state index contributed by atoms with van der Waals surface area (Å²) < 4.78 is 6.21. The van der Waals surface area contributed by atoms with Crippen LogP contribution in [-0.4, -0.2) is 12.6 Å². The van der Waals surface area contributed by atoms with Crippen molar-refractivity contribution in [3.8, 4) is 5.75 Å². The van der Waals surface area contributed by atoms with E-state index in [-0.39, 0.29) is 5.54 Å². The molecule has 1 rings (SSSR count). The molecule has 0 saturated carbocycles. The normalized spacial score (nSPS) is 11.6. The molecular formula is C12H18BrNO. The lowest BCUT2D eigenvalue weighted by Gasteiger charge is -2.20. The van der Waals surface area contributed by atoms with Crippen LogP contribution in [0.1, 0.15) is 25.0 Å². The summed E-state index contributed by atoms with van der Waals surface area (Å²) in [7, 11) is 1.67. The maximum atomic E-state index is 6.01. The summed E-state index contributed by atoms with van der Waals surface area (Å²) in [4.78, 5) is 0. The van der Waals surface area contributed by atoms with Gasteiger partial charge in [-0.1, -0.05) is 0 Å². The minimum absolute atomic E-state index is 0.182. The van der Waals surface area contributed by atoms with Gasteiger partial charge in [-0.3, -0.25) is 0 Å². The number of benzene rings is 1. The summed E-state index contributed by atoms with van der Waals surface area (Å²) >= 11 is 3.48. The van der Waals surface area contributed by atoms with Crippen LogP contribution in [0.5, 0.6) is 5.75 Å². The molecule has 2 nitrogen and oxygen atoms in total. The molecule has 0 aromatic heterocycles. The van der Waals surface area contributed by atoms with Crippen molar-refractivity contribution < 1.29 is 4.74 Å². The van der Waals surface area contributed by atoms with Crippen LogP contribution in [0.25, 0.3) is 0 Å². The first kappa shape index (κ1) is 12.5. The number of halogens is 1. The van der Waals surface area contributed by atoms with Gasteiger partial charge < -0.3 is 10.5 Å². The van der Waals surface area contributed by atoms with Gasteiger partial charge in [0.1, 0.15) is 5.75 Å². The first-order valence-electron chi connectivity index (χ1n) is 4.95. The van der Waals surface area contributed by atoms with Crippen molar-refractivity contribution in [3.63, 3.8) is 0 Å². The molecule has 0 fully saturated rings. The van der Waals surface area contributed by atoms with Gasteiger partial charge in [0.15, 0.2) is 0 Å². The molecule has 3 heteroatoms. The second kappa shape index (κ2) is 4.54. The third kappa shape index (κ3) is 3.50. The molecule has 0 radical (unpaired) electrons. The van der Waals surface area contributed by atoms with Crippen LogP contribution in [0.4, 0.5) is 0 Å². The largest absolute Gasteiger partial charge is 0.496 e. The highest BCUT2D eigenvalue weighted by molar-refractivity contribution is 9.10. The lowest BCUT2D eigenvalue weighted by atomic mass is 9.93. The van der Waals surface area contributed by atoms with Gasteiger partial charge in [0.2, 0.25) is 0 Å². The number of hydrogen-bond acceptors (Lipinski definition) is 2. The van der Waals surface area contributed by atoms with Crippen LogP contribution in [-0.2, 0) is 6.42 Å². The molecule has 0 bridgehead atoms. The molecule has 15 heavy (non-hydrogen) atoms. The molecule has 0 atom stereocenters. The van der Waals surface area contributed by atoms with Gasteiger partial charge in [-0.05, 0) is 66.4 Å². The average molecular weight is 272 g/mol. The standard InChI is InChI=1S/C12H18BrNO/c1-8-5-11(15-4)10(13)6-9(8)7-12(2,3)14/h5-6H,7,14H2,1-4H3. The van der Waals surface area contributed by atoms with Gasteiger partial charge in [0, 0.05) is 5.54 Å². The zero-order chi connectivity index (χ0) is 11.6. The molecule has 0 spiro atoms. The maximum Gasteiger partial charge on any atom is 0.133 e. The van der Waals surface area contributed by atoms with Crippen molar-refractivity contribution in [1.29, 1.82) is 0 Å². The molecule has 0 amide bonds. The molecule has 0 aliphatic carbocycles. The predicted molar refractivity (Wildman–Crippen MR) is 67.4 cm³/mol. The van der Waals surface area contributed by atoms with E-state index in [1.807, 2.05) is 19.9 Å². The summed E-state index contributed by atoms with van der Waals surface area (Å²) in [5, 5.41) is 0. The number of nitrogens with two attached hydrogens (primary N) is 1. The van der Waals surface area contributed by atoms with Gasteiger partial charge >= 0.3 is 0 Å². The minimum Gasteiger partial charge on any atom is -0.496 e. The van der Waals surface area contributed by atoms with Crippen LogP contribution in [0.2, 0.25) is 0 Å². The number of aryl methyl sites for hydroxylation is 1. The fourth-order valence-electron chi connectivity index (χ4n) is 1.53. The van der Waals surface area contributed by atoms with Crippen molar-refractivity contribution in [2.75, 3.05) is 7.11 Å². The second-order valence-electron chi connectivity index (χ2n) is 4.58. The summed E-state index contributed by atoms with van der Waals surface area (Å²) in [5.41, 5.74) is 8.30. The van der Waals surface area contributed by atoms with Gasteiger partial charge in [0.05, 0.1) is 11.6 Å². The van der Waals surface area contributed by atoms with Crippen molar-refractivity contribution in [1.82, 2.24) is 0 Å². The highest BCUT2D eigenvalue weighted by Gasteiger charge is 2.14. The first-order valence-corrected chi connectivity index (χ1v) is 5.74. The van der Waals surface area contributed by atoms with Crippen molar-refractivity contribution in [3.05, 3.63) is 27.7 Å². The minimum atomic E-state index is -0.182. The van der Waals surface area contributed by atoms with E-state index in [1.165, 1.54) is 11.1 Å². The van der Waals surface area contributed by atoms with Gasteiger partial charge in [0.25, 0.3) is 0 Å². The van der Waals surface area contributed by atoms with Crippen LogP contribution < -0.4 is 10.5 Å². The molecule has 0 unspecified atom stereocenters. The Kier molecular flexibility index (Phi) is 3.79. The summed E-state index contributed by atoms with van der Waals surface area (Å²) in [5.74, 6) is 0.867. The Bertz CT molecular complexity index is 355. The van der Waals surface area contributed by atoms with Crippen LogP contribution in [0.15, 0.2) is 16.6 Å². The summed E-state index contributed by atoms with van der Waals surface area (Å²) in [6.45, 7) is 6.14. The van der Waals surface area contributed by atoms with Crippen LogP contribution in [0, 0.1) is 6.92 Å². The molecule has 2 N–H and O–H groups in total. The lowest BCUT2D eigenvalue weighted by molar-refractivity contribution is 0.411. The average Bonchev–Trinajstić information content (AvgIpc) is 2.08. The third-order valence-electron chi connectivity index (χ3n) is 2.26. The first-order chi connectivity index (χ1) is 6.83. The molecule has 84 valence electrons. The van der Waals surface area contributed by atoms with E-state index >= 15 is 0 Å². The van der Waals surface area contributed by atoms with Gasteiger partial charge in [-0.25, -0.2) is 0 Å². The van der Waals surface area contributed by atoms with E-state index < -0.39 is 0 Å². The quantitative estimate of drug-likeness (QED) is 0.917. The third-order valence-corrected chi connectivity index (χ3v) is 2.88. The van der Waals surface area contributed by atoms with Crippen molar-refractivity contribution in [2.45, 2.75) is 32.7 Å². The Morgan fingerprint density at radius 2 is 2.00 bits per heavy atom. The highest BCUT2D eigenvalue weighted by atomic mass is 79.9. The molecule has 1 aromatic carbocycles. The Morgan fingerprint density at radius 3 is 2.47 bits per heavy atom. The molecule has 1 aromatic rings. The fraction of sp³-hybridized carbons (Fsp3) is 0.500. The number of hydrogen-bond donors (Lipinski definition) is 1. The fourth-order valence-corrected chi connectivity index (χ4v) is 2.09. The smallest absolute Gasteiger partial charge is 0.133 e. The van der Waals surface area contributed by atoms with Gasteiger partial charge in [-0.15, -0.1) is 0 Å². The van der Waals surface area contributed by atoms with E-state index in [2.05, 4.69) is 28.9 Å². The Balaban J connectivity index is 3.05. The number of ether oxygens (including phenoxy) is 1. The van der Waals surface area contributed by atoms with E-state index in [0.29, 0.717) is 0 Å². The lowest BCUT2D eigenvalue weighted by Crippen LogP contribution is -2.34. The Hall–Kier alpha value is -0.540. The summed E-state index contributed by atoms with van der Waals surface area (Å²) in [6.07, 6.45) is 0.863. The van der Waals surface area contributed by atoms with Crippen molar-refractivity contribution >= 4 is 15.9 Å². The topological polar surface area (TPSA) is 35.2 Å². The van der Waals surface area contributed by atoms with E-state index in [4.69, 9.17) is 10.5 Å². The predicted octanol–water partition coefficient (Wildman–Crippen LogP) is 3.05. The second-order valence-corrected chi connectivity index (χ2v) is 5.43. The molecular weight excluding hydrogens is 254 g/mol. The Labute approximate surface area is 99.9 Å². The SMILES string of the molecule is COc1cc(C)c(CC(C)(C)N)cc1Br. The molecule has 0 aliphatic rings. The monoisotopic (exact) mass is 271 g/mol. The van der Waals surface area contributed by atoms with Crippen LogP contribution in [0.3, 0.4) is 0 Å². The molecule has 0 aliphatic heterocycles. The van der Waals surface area contributed by atoms with E-state index in [9.17, 15) is 0 Å². The zero-order valence-electron chi connectivity index (χ0n) is 9.73. The number of methoxy groups -OCH3 is 1. The van der Waals surface area contributed by atoms with E-state index in [1.54, 1.807) is 7.11 Å². The van der Waals surface area contributed by atoms with Crippen LogP contribution >= 0.6 is 15.9 Å². The zero-order valence-corrected chi connectivity index (χ0v) is 11.3. The highest BCUT2D eigenvalue weighted by Crippen LogP contribution is 2.29. The summed E-state index contributed by atoms with van der Waals surface area (Å²) in [6, 6.07) is 4.12. The van der Waals surface area contributed by atoms with Gasteiger partial charge in [-0.2, -0.15) is 0 Å². The number of rotatable bonds is 3. The van der Waals surface area contributed by atoms with Crippen molar-refractivity contribution in [2.24, 2.45) is 5.73 Å². The molecule has 0 saturated heterocycles. The maximum absolute atomic E-state index is 6.01. The Morgan fingerprint density at radius 1 is 1.40 bits per heavy atom.